The molecule has 4 heteroatoms. The van der Waals surface area contributed by atoms with E-state index in [0.29, 0.717) is 4.99 Å². The molecule has 1 saturated heterocycles. The van der Waals surface area contributed by atoms with Gasteiger partial charge in [0.2, 0.25) is 0 Å². The van der Waals surface area contributed by atoms with Gasteiger partial charge in [-0.15, -0.1) is 0 Å². The quantitative estimate of drug-likeness (QED) is 0.842. The molecule has 1 aliphatic heterocycles. The van der Waals surface area contributed by atoms with Crippen molar-refractivity contribution >= 4 is 38.8 Å². The number of hydrogen-bond donors (Lipinski definition) is 1. The third kappa shape index (κ3) is 2.86. The number of hydrogen-bond acceptors (Lipinski definition) is 2. The topological polar surface area (TPSA) is 29.3 Å². The first-order chi connectivity index (χ1) is 8.49. The van der Waals surface area contributed by atoms with E-state index < -0.39 is 0 Å². The largest absolute Gasteiger partial charge is 0.389 e. The molecule has 0 bridgehead atoms. The Morgan fingerprint density at radius 1 is 1.39 bits per heavy atom. The lowest BCUT2D eigenvalue weighted by molar-refractivity contribution is 0.324. The van der Waals surface area contributed by atoms with E-state index in [2.05, 4.69) is 40.7 Å². The minimum atomic E-state index is 0.447. The van der Waals surface area contributed by atoms with E-state index in [-0.39, 0.29) is 0 Å². The van der Waals surface area contributed by atoms with Crippen LogP contribution in [0.4, 0.5) is 5.69 Å². The lowest BCUT2D eigenvalue weighted by Crippen LogP contribution is -2.38. The first-order valence-corrected chi connectivity index (χ1v) is 7.53. The SMILES string of the molecule is CC1CCN(c2ccc(C(N)=S)cc2Br)CC1C. The van der Waals surface area contributed by atoms with Crippen LogP contribution in [-0.4, -0.2) is 18.1 Å². The Hall–Kier alpha value is -0.610. The second-order valence-corrected chi connectivity index (χ2v) is 6.51. The summed E-state index contributed by atoms with van der Waals surface area (Å²) in [6, 6.07) is 6.13. The van der Waals surface area contributed by atoms with Crippen molar-refractivity contribution in [2.75, 3.05) is 18.0 Å². The average molecular weight is 327 g/mol. The molecule has 1 aliphatic rings. The van der Waals surface area contributed by atoms with E-state index in [1.807, 2.05) is 12.1 Å². The van der Waals surface area contributed by atoms with Crippen LogP contribution in [0.15, 0.2) is 22.7 Å². The first kappa shape index (κ1) is 13.8. The Morgan fingerprint density at radius 2 is 2.11 bits per heavy atom. The molecule has 2 nitrogen and oxygen atoms in total. The minimum Gasteiger partial charge on any atom is -0.389 e. The predicted octanol–water partition coefficient (Wildman–Crippen LogP) is 3.57. The number of anilines is 1. The van der Waals surface area contributed by atoms with Crippen molar-refractivity contribution in [1.29, 1.82) is 0 Å². The van der Waals surface area contributed by atoms with Gasteiger partial charge in [0.25, 0.3) is 0 Å². The maximum Gasteiger partial charge on any atom is 0.104 e. The Kier molecular flexibility index (Phi) is 4.28. The summed E-state index contributed by atoms with van der Waals surface area (Å²) in [5.74, 6) is 1.55. The standard InChI is InChI=1S/C14H19BrN2S/c1-9-5-6-17(8-10(9)2)13-4-3-11(14(16)18)7-12(13)15/h3-4,7,9-10H,5-6,8H2,1-2H3,(H2,16,18). The normalized spacial score (nSPS) is 24.1. The van der Waals surface area contributed by atoms with Crippen LogP contribution in [-0.2, 0) is 0 Å². The molecule has 2 atom stereocenters. The van der Waals surface area contributed by atoms with E-state index in [1.54, 1.807) is 0 Å². The van der Waals surface area contributed by atoms with Crippen molar-refractivity contribution in [3.63, 3.8) is 0 Å². The van der Waals surface area contributed by atoms with Crippen LogP contribution in [0.1, 0.15) is 25.8 Å². The number of piperidine rings is 1. The van der Waals surface area contributed by atoms with E-state index in [9.17, 15) is 0 Å². The Balaban J connectivity index is 2.21. The van der Waals surface area contributed by atoms with Gasteiger partial charge in [-0.2, -0.15) is 0 Å². The van der Waals surface area contributed by atoms with Gasteiger partial charge in [0, 0.05) is 23.1 Å². The summed E-state index contributed by atoms with van der Waals surface area (Å²) in [6.07, 6.45) is 1.25. The average Bonchev–Trinajstić information content (AvgIpc) is 2.32. The third-order valence-corrected chi connectivity index (χ3v) is 4.78. The highest BCUT2D eigenvalue weighted by Crippen LogP contribution is 2.32. The van der Waals surface area contributed by atoms with Crippen LogP contribution in [0.25, 0.3) is 0 Å². The monoisotopic (exact) mass is 326 g/mol. The fourth-order valence-corrected chi connectivity index (χ4v) is 3.15. The van der Waals surface area contributed by atoms with Crippen LogP contribution in [0.5, 0.6) is 0 Å². The van der Waals surface area contributed by atoms with Crippen molar-refractivity contribution in [2.24, 2.45) is 17.6 Å². The van der Waals surface area contributed by atoms with Gasteiger partial charge in [-0.1, -0.05) is 26.1 Å². The zero-order valence-electron chi connectivity index (χ0n) is 10.8. The molecule has 0 aliphatic carbocycles. The molecule has 2 unspecified atom stereocenters. The molecule has 1 heterocycles. The number of benzene rings is 1. The van der Waals surface area contributed by atoms with Crippen molar-refractivity contribution < 1.29 is 0 Å². The van der Waals surface area contributed by atoms with E-state index >= 15 is 0 Å². The van der Waals surface area contributed by atoms with Gasteiger partial charge < -0.3 is 10.6 Å². The Morgan fingerprint density at radius 3 is 2.67 bits per heavy atom. The van der Waals surface area contributed by atoms with Crippen LogP contribution in [0.2, 0.25) is 0 Å². The van der Waals surface area contributed by atoms with Crippen molar-refractivity contribution in [1.82, 2.24) is 0 Å². The van der Waals surface area contributed by atoms with E-state index in [0.717, 1.165) is 35.0 Å². The summed E-state index contributed by atoms with van der Waals surface area (Å²) in [5, 5.41) is 0. The van der Waals surface area contributed by atoms with Crippen LogP contribution in [0, 0.1) is 11.8 Å². The molecule has 0 aromatic heterocycles. The van der Waals surface area contributed by atoms with Gasteiger partial charge in [-0.25, -0.2) is 0 Å². The zero-order valence-corrected chi connectivity index (χ0v) is 13.2. The lowest BCUT2D eigenvalue weighted by Gasteiger charge is -2.37. The predicted molar refractivity (Wildman–Crippen MR) is 85.2 cm³/mol. The molecule has 98 valence electrons. The number of halogens is 1. The second-order valence-electron chi connectivity index (χ2n) is 5.22. The van der Waals surface area contributed by atoms with Gasteiger partial charge in [-0.05, 0) is 52.4 Å². The summed E-state index contributed by atoms with van der Waals surface area (Å²) >= 11 is 8.63. The number of nitrogens with zero attached hydrogens (tertiary/aromatic N) is 1. The molecule has 0 saturated carbocycles. The minimum absolute atomic E-state index is 0.447. The maximum atomic E-state index is 5.65. The van der Waals surface area contributed by atoms with Crippen molar-refractivity contribution in [3.05, 3.63) is 28.2 Å². The molecular formula is C14H19BrN2S. The first-order valence-electron chi connectivity index (χ1n) is 6.33. The molecule has 1 aromatic rings. The highest BCUT2D eigenvalue weighted by molar-refractivity contribution is 9.10. The summed E-state index contributed by atoms with van der Waals surface area (Å²) in [7, 11) is 0. The Bertz CT molecular complexity index is 461. The Labute approximate surface area is 123 Å². The van der Waals surface area contributed by atoms with Crippen LogP contribution in [0.3, 0.4) is 0 Å². The molecule has 1 aromatic carbocycles. The number of nitrogens with two attached hydrogens (primary N) is 1. The van der Waals surface area contributed by atoms with Gasteiger partial charge in [0.1, 0.15) is 4.99 Å². The van der Waals surface area contributed by atoms with Crippen LogP contribution >= 0.6 is 28.1 Å². The highest BCUT2D eigenvalue weighted by atomic mass is 79.9. The van der Waals surface area contributed by atoms with Crippen molar-refractivity contribution in [2.45, 2.75) is 20.3 Å². The number of rotatable bonds is 2. The summed E-state index contributed by atoms with van der Waals surface area (Å²) in [4.78, 5) is 2.89. The molecule has 18 heavy (non-hydrogen) atoms. The molecule has 1 fully saturated rings. The summed E-state index contributed by atoms with van der Waals surface area (Å²) < 4.78 is 1.08. The smallest absolute Gasteiger partial charge is 0.104 e. The molecule has 2 N–H and O–H groups in total. The molecule has 0 radical (unpaired) electrons. The lowest BCUT2D eigenvalue weighted by atomic mass is 9.88. The molecule has 2 rings (SSSR count). The third-order valence-electron chi connectivity index (χ3n) is 3.91. The number of thiocarbonyl (C=S) groups is 1. The summed E-state index contributed by atoms with van der Waals surface area (Å²) in [5.41, 5.74) is 7.81. The van der Waals surface area contributed by atoms with E-state index in [4.69, 9.17) is 18.0 Å². The molecule has 0 amide bonds. The summed E-state index contributed by atoms with van der Waals surface area (Å²) in [6.45, 7) is 6.91. The van der Waals surface area contributed by atoms with Crippen molar-refractivity contribution in [3.8, 4) is 0 Å². The van der Waals surface area contributed by atoms with Gasteiger partial charge >= 0.3 is 0 Å². The molecular weight excluding hydrogens is 308 g/mol. The zero-order chi connectivity index (χ0) is 13.3. The fraction of sp³-hybridized carbons (Fsp3) is 0.500. The molecule has 0 spiro atoms. The van der Waals surface area contributed by atoms with E-state index in [1.165, 1.54) is 12.1 Å². The maximum absolute atomic E-state index is 5.65. The van der Waals surface area contributed by atoms with Gasteiger partial charge in [0.05, 0.1) is 5.69 Å². The highest BCUT2D eigenvalue weighted by Gasteiger charge is 2.23. The second kappa shape index (κ2) is 5.57. The van der Waals surface area contributed by atoms with Gasteiger partial charge in [0.15, 0.2) is 0 Å². The van der Waals surface area contributed by atoms with Crippen LogP contribution < -0.4 is 10.6 Å². The fourth-order valence-electron chi connectivity index (χ4n) is 2.40. The van der Waals surface area contributed by atoms with Gasteiger partial charge in [-0.3, -0.25) is 0 Å².